The maximum absolute atomic E-state index is 5.81. The Bertz CT molecular complexity index is 324. The van der Waals surface area contributed by atoms with Crippen molar-refractivity contribution in [2.24, 2.45) is 11.7 Å². The van der Waals surface area contributed by atoms with Crippen LogP contribution in [0.2, 0.25) is 0 Å². The molecule has 16 heavy (non-hydrogen) atoms. The highest BCUT2D eigenvalue weighted by molar-refractivity contribution is 5.40. The van der Waals surface area contributed by atoms with Crippen LogP contribution in [0.4, 0.5) is 5.82 Å². The lowest BCUT2D eigenvalue weighted by Crippen LogP contribution is -2.33. The highest BCUT2D eigenvalue weighted by Gasteiger charge is 2.16. The number of nitrogens with zero attached hydrogens (tertiary/aromatic N) is 2. The molecular formula is C13H21N3. The third-order valence-corrected chi connectivity index (χ3v) is 3.40. The lowest BCUT2D eigenvalue weighted by atomic mass is 9.99. The summed E-state index contributed by atoms with van der Waals surface area (Å²) in [7, 11) is 0. The van der Waals surface area contributed by atoms with E-state index < -0.39 is 0 Å². The molecule has 0 spiro atoms. The molecule has 1 saturated heterocycles. The second kappa shape index (κ2) is 4.83. The second-order valence-corrected chi connectivity index (χ2v) is 4.91. The van der Waals surface area contributed by atoms with E-state index in [1.54, 1.807) is 0 Å². The molecule has 3 heteroatoms. The van der Waals surface area contributed by atoms with Crippen LogP contribution in [-0.2, 0) is 0 Å². The minimum atomic E-state index is 0.0722. The molecule has 1 atom stereocenters. The monoisotopic (exact) mass is 219 g/mol. The van der Waals surface area contributed by atoms with E-state index in [0.29, 0.717) is 0 Å². The lowest BCUT2D eigenvalue weighted by molar-refractivity contribution is 0.436. The fraction of sp³-hybridized carbons (Fsp3) is 0.615. The Kier molecular flexibility index (Phi) is 3.44. The van der Waals surface area contributed by atoms with Gasteiger partial charge in [0.2, 0.25) is 0 Å². The summed E-state index contributed by atoms with van der Waals surface area (Å²) in [6.45, 7) is 6.57. The summed E-state index contributed by atoms with van der Waals surface area (Å²) in [4.78, 5) is 6.86. The van der Waals surface area contributed by atoms with Gasteiger partial charge in [0.05, 0.1) is 0 Å². The van der Waals surface area contributed by atoms with E-state index in [2.05, 4.69) is 28.9 Å². The number of hydrogen-bond donors (Lipinski definition) is 1. The van der Waals surface area contributed by atoms with E-state index in [1.807, 2.05) is 13.1 Å². The summed E-state index contributed by atoms with van der Waals surface area (Å²) >= 11 is 0. The number of rotatable bonds is 2. The van der Waals surface area contributed by atoms with Gasteiger partial charge in [-0.3, -0.25) is 0 Å². The summed E-state index contributed by atoms with van der Waals surface area (Å²) in [6, 6.07) is 4.25. The molecule has 0 aromatic carbocycles. The number of piperidine rings is 1. The Morgan fingerprint density at radius 2 is 2.06 bits per heavy atom. The molecule has 2 N–H and O–H groups in total. The van der Waals surface area contributed by atoms with E-state index in [-0.39, 0.29) is 6.04 Å². The summed E-state index contributed by atoms with van der Waals surface area (Å²) in [6.07, 6.45) is 4.45. The topological polar surface area (TPSA) is 42.1 Å². The van der Waals surface area contributed by atoms with Gasteiger partial charge in [0, 0.05) is 25.3 Å². The molecule has 1 fully saturated rings. The van der Waals surface area contributed by atoms with Crippen LogP contribution in [-0.4, -0.2) is 18.1 Å². The van der Waals surface area contributed by atoms with Crippen molar-refractivity contribution in [2.45, 2.75) is 32.7 Å². The van der Waals surface area contributed by atoms with Crippen molar-refractivity contribution in [1.82, 2.24) is 4.98 Å². The van der Waals surface area contributed by atoms with E-state index in [0.717, 1.165) is 30.4 Å². The smallest absolute Gasteiger partial charge is 0.128 e. The molecule has 3 nitrogen and oxygen atoms in total. The number of nitrogens with two attached hydrogens (primary N) is 1. The third-order valence-electron chi connectivity index (χ3n) is 3.40. The molecule has 0 saturated carbocycles. The molecule has 1 aliphatic rings. The average Bonchev–Trinajstić information content (AvgIpc) is 2.30. The number of anilines is 1. The first-order chi connectivity index (χ1) is 7.66. The normalized spacial score (nSPS) is 19.8. The van der Waals surface area contributed by atoms with Gasteiger partial charge in [-0.2, -0.15) is 0 Å². The minimum absolute atomic E-state index is 0.0722. The van der Waals surface area contributed by atoms with E-state index in [4.69, 9.17) is 5.73 Å². The van der Waals surface area contributed by atoms with Gasteiger partial charge in [-0.1, -0.05) is 13.0 Å². The van der Waals surface area contributed by atoms with Gasteiger partial charge in [0.25, 0.3) is 0 Å². The highest BCUT2D eigenvalue weighted by atomic mass is 15.2. The number of hydrogen-bond acceptors (Lipinski definition) is 3. The standard InChI is InChI=1S/C13H21N3/c1-10-5-7-16(8-6-10)13-4-3-12(9-15-13)11(2)14/h3-4,9-11H,5-8,14H2,1-2H3/t11-/m0/s1. The fourth-order valence-corrected chi connectivity index (χ4v) is 2.09. The first-order valence-electron chi connectivity index (χ1n) is 6.13. The Labute approximate surface area is 97.7 Å². The van der Waals surface area contributed by atoms with Gasteiger partial charge in [-0.15, -0.1) is 0 Å². The molecule has 2 heterocycles. The van der Waals surface area contributed by atoms with Gasteiger partial charge in [0.15, 0.2) is 0 Å². The van der Waals surface area contributed by atoms with E-state index >= 15 is 0 Å². The predicted molar refractivity (Wildman–Crippen MR) is 67.5 cm³/mol. The van der Waals surface area contributed by atoms with Crippen LogP contribution < -0.4 is 10.6 Å². The summed E-state index contributed by atoms with van der Waals surface area (Å²) in [5.41, 5.74) is 6.91. The third kappa shape index (κ3) is 2.53. The highest BCUT2D eigenvalue weighted by Crippen LogP contribution is 2.21. The minimum Gasteiger partial charge on any atom is -0.357 e. The quantitative estimate of drug-likeness (QED) is 0.830. The molecular weight excluding hydrogens is 198 g/mol. The fourth-order valence-electron chi connectivity index (χ4n) is 2.09. The van der Waals surface area contributed by atoms with Crippen molar-refractivity contribution in [3.63, 3.8) is 0 Å². The van der Waals surface area contributed by atoms with Gasteiger partial charge in [-0.05, 0) is 37.3 Å². The molecule has 0 radical (unpaired) electrons. The van der Waals surface area contributed by atoms with E-state index in [1.165, 1.54) is 12.8 Å². The lowest BCUT2D eigenvalue weighted by Gasteiger charge is -2.31. The molecule has 0 unspecified atom stereocenters. The molecule has 0 bridgehead atoms. The molecule has 1 aromatic heterocycles. The molecule has 0 aliphatic carbocycles. The Hall–Kier alpha value is -1.09. The zero-order valence-corrected chi connectivity index (χ0v) is 10.2. The summed E-state index contributed by atoms with van der Waals surface area (Å²) in [5.74, 6) is 1.95. The zero-order valence-electron chi connectivity index (χ0n) is 10.2. The number of aromatic nitrogens is 1. The van der Waals surface area contributed by atoms with Crippen LogP contribution in [0, 0.1) is 5.92 Å². The van der Waals surface area contributed by atoms with Crippen molar-refractivity contribution >= 4 is 5.82 Å². The SMILES string of the molecule is CC1CCN(c2ccc([C@H](C)N)cn2)CC1. The van der Waals surface area contributed by atoms with Crippen molar-refractivity contribution in [2.75, 3.05) is 18.0 Å². The Morgan fingerprint density at radius 1 is 1.38 bits per heavy atom. The molecule has 2 rings (SSSR count). The predicted octanol–water partition coefficient (Wildman–Crippen LogP) is 2.34. The van der Waals surface area contributed by atoms with Gasteiger partial charge in [0.1, 0.15) is 5.82 Å². The van der Waals surface area contributed by atoms with Crippen LogP contribution in [0.15, 0.2) is 18.3 Å². The first-order valence-corrected chi connectivity index (χ1v) is 6.13. The summed E-state index contributed by atoms with van der Waals surface area (Å²) in [5, 5.41) is 0. The molecule has 1 aromatic rings. The van der Waals surface area contributed by atoms with Crippen molar-refractivity contribution in [3.05, 3.63) is 23.9 Å². The average molecular weight is 219 g/mol. The number of pyridine rings is 1. The first kappa shape index (κ1) is 11.4. The maximum Gasteiger partial charge on any atom is 0.128 e. The van der Waals surface area contributed by atoms with Gasteiger partial charge < -0.3 is 10.6 Å². The van der Waals surface area contributed by atoms with Crippen molar-refractivity contribution in [3.8, 4) is 0 Å². The largest absolute Gasteiger partial charge is 0.357 e. The van der Waals surface area contributed by atoms with Crippen LogP contribution in [0.5, 0.6) is 0 Å². The second-order valence-electron chi connectivity index (χ2n) is 4.91. The Balaban J connectivity index is 2.04. The van der Waals surface area contributed by atoms with Crippen LogP contribution >= 0.6 is 0 Å². The van der Waals surface area contributed by atoms with E-state index in [9.17, 15) is 0 Å². The van der Waals surface area contributed by atoms with Gasteiger partial charge >= 0.3 is 0 Å². The maximum atomic E-state index is 5.81. The summed E-state index contributed by atoms with van der Waals surface area (Å²) < 4.78 is 0. The molecule has 0 amide bonds. The molecule has 1 aliphatic heterocycles. The van der Waals surface area contributed by atoms with Crippen molar-refractivity contribution < 1.29 is 0 Å². The van der Waals surface area contributed by atoms with Crippen LogP contribution in [0.1, 0.15) is 38.3 Å². The van der Waals surface area contributed by atoms with Crippen LogP contribution in [0.25, 0.3) is 0 Å². The Morgan fingerprint density at radius 3 is 2.56 bits per heavy atom. The van der Waals surface area contributed by atoms with Gasteiger partial charge in [-0.25, -0.2) is 4.98 Å². The molecule has 88 valence electrons. The zero-order chi connectivity index (χ0) is 11.5. The van der Waals surface area contributed by atoms with Crippen LogP contribution in [0.3, 0.4) is 0 Å². The van der Waals surface area contributed by atoms with Crippen molar-refractivity contribution in [1.29, 1.82) is 0 Å².